The molecule has 0 aliphatic heterocycles. The molecule has 2 atom stereocenters. The van der Waals surface area contributed by atoms with Crippen LogP contribution in [0, 0.1) is 20.9 Å². The summed E-state index contributed by atoms with van der Waals surface area (Å²) in [6, 6.07) is 0. The molecule has 4 fully saturated rings. The molecule has 0 aromatic rings. The van der Waals surface area contributed by atoms with Gasteiger partial charge < -0.3 is 10.6 Å². The molecule has 5 nitrogen and oxygen atoms in total. The zero-order valence-electron chi connectivity index (χ0n) is 10.5. The molecule has 4 rings (SSSR count). The molecule has 4 aliphatic rings. The average molecular weight is 240 g/mol. The number of rotatable bonds is 2. The maximum Gasteiger partial charge on any atom is 0.295 e. The fraction of sp³-hybridized carbons (Fsp3) is 1.00. The fourth-order valence-corrected chi connectivity index (χ4v) is 5.93. The zero-order chi connectivity index (χ0) is 12.5. The Balaban J connectivity index is 2.01. The van der Waals surface area contributed by atoms with E-state index in [1.54, 1.807) is 0 Å². The van der Waals surface area contributed by atoms with Crippen molar-refractivity contribution in [1.29, 1.82) is 0 Å². The summed E-state index contributed by atoms with van der Waals surface area (Å²) in [5, 5.41) is 10.1. The lowest BCUT2D eigenvalue weighted by atomic mass is 9.41. The Morgan fingerprint density at radius 1 is 1.06 bits per heavy atom. The second-order valence-corrected chi connectivity index (χ2v) is 7.54. The van der Waals surface area contributed by atoms with Gasteiger partial charge in [0.2, 0.25) is 0 Å². The Kier molecular flexibility index (Phi) is 1.83. The van der Waals surface area contributed by atoms with Gasteiger partial charge >= 0.3 is 0 Å². The minimum Gasteiger partial charge on any atom is -0.325 e. The molecule has 0 aromatic carbocycles. The second kappa shape index (κ2) is 2.76. The van der Waals surface area contributed by atoms with Crippen LogP contribution in [0.25, 0.3) is 0 Å². The molecule has 4 saturated carbocycles. The minimum absolute atomic E-state index is 0.119. The van der Waals surface area contributed by atoms with E-state index in [0.717, 1.165) is 32.1 Å². The predicted octanol–water partition coefficient (Wildman–Crippen LogP) is 2.02. The first-order chi connectivity index (χ1) is 7.66. The zero-order valence-corrected chi connectivity index (χ0v) is 10.5. The van der Waals surface area contributed by atoms with Gasteiger partial charge in [0, 0.05) is 5.54 Å². The molecule has 4 aliphatic carbocycles. The molecule has 0 spiro atoms. The molecule has 2 N–H and O–H groups in total. The highest BCUT2D eigenvalue weighted by Gasteiger charge is 2.66. The largest absolute Gasteiger partial charge is 0.325 e. The van der Waals surface area contributed by atoms with Crippen molar-refractivity contribution in [2.24, 2.45) is 16.6 Å². The standard InChI is InChI=1S/C12H20N2O3/c1-9-3-10(2)5-11(13,4-9)8-12(6-9,7-10)17-14(15)16/h3-8,13H2,1-2H3. The van der Waals surface area contributed by atoms with Gasteiger partial charge in [0.15, 0.2) is 0 Å². The molecule has 0 amide bonds. The van der Waals surface area contributed by atoms with E-state index in [2.05, 4.69) is 13.8 Å². The van der Waals surface area contributed by atoms with Gasteiger partial charge in [-0.05, 0) is 49.4 Å². The Labute approximate surface area is 101 Å². The van der Waals surface area contributed by atoms with Crippen LogP contribution in [0.2, 0.25) is 0 Å². The maximum absolute atomic E-state index is 10.7. The molecular formula is C12H20N2O3. The van der Waals surface area contributed by atoms with E-state index >= 15 is 0 Å². The number of nitrogens with zero attached hydrogens (tertiary/aromatic N) is 1. The first-order valence-corrected chi connectivity index (χ1v) is 6.28. The van der Waals surface area contributed by atoms with Gasteiger partial charge in [-0.25, -0.2) is 0 Å². The molecule has 2 unspecified atom stereocenters. The van der Waals surface area contributed by atoms with E-state index in [0.29, 0.717) is 6.42 Å². The Morgan fingerprint density at radius 3 is 2.00 bits per heavy atom. The van der Waals surface area contributed by atoms with Crippen LogP contribution in [0.15, 0.2) is 0 Å². The normalized spacial score (nSPS) is 55.9. The summed E-state index contributed by atoms with van der Waals surface area (Å²) < 4.78 is 0. The number of hydrogen-bond donors (Lipinski definition) is 1. The predicted molar refractivity (Wildman–Crippen MR) is 61.6 cm³/mol. The molecule has 4 bridgehead atoms. The quantitative estimate of drug-likeness (QED) is 0.591. The highest BCUT2D eigenvalue weighted by Crippen LogP contribution is 2.67. The van der Waals surface area contributed by atoms with Crippen molar-refractivity contribution < 1.29 is 9.92 Å². The van der Waals surface area contributed by atoms with E-state index in [1.165, 1.54) is 0 Å². The topological polar surface area (TPSA) is 78.4 Å². The lowest BCUT2D eigenvalue weighted by Crippen LogP contribution is -2.69. The smallest absolute Gasteiger partial charge is 0.295 e. The van der Waals surface area contributed by atoms with Crippen molar-refractivity contribution in [1.82, 2.24) is 0 Å². The lowest BCUT2D eigenvalue weighted by molar-refractivity contribution is -0.786. The van der Waals surface area contributed by atoms with Crippen molar-refractivity contribution in [3.8, 4) is 0 Å². The lowest BCUT2D eigenvalue weighted by Gasteiger charge is -2.67. The van der Waals surface area contributed by atoms with Crippen LogP contribution in [0.4, 0.5) is 0 Å². The summed E-state index contributed by atoms with van der Waals surface area (Å²) in [6.45, 7) is 4.42. The van der Waals surface area contributed by atoms with E-state index in [4.69, 9.17) is 10.6 Å². The molecule has 96 valence electrons. The highest BCUT2D eigenvalue weighted by atomic mass is 17.0. The molecule has 0 radical (unpaired) electrons. The third-order valence-electron chi connectivity index (χ3n) is 4.85. The van der Waals surface area contributed by atoms with Crippen LogP contribution in [-0.2, 0) is 4.84 Å². The monoisotopic (exact) mass is 240 g/mol. The summed E-state index contributed by atoms with van der Waals surface area (Å²) in [6.07, 6.45) is 5.32. The van der Waals surface area contributed by atoms with Gasteiger partial charge in [0.25, 0.3) is 5.09 Å². The Hall–Kier alpha value is -0.840. The minimum atomic E-state index is -0.622. The third-order valence-corrected chi connectivity index (χ3v) is 4.85. The maximum atomic E-state index is 10.7. The van der Waals surface area contributed by atoms with Gasteiger partial charge in [-0.3, -0.25) is 0 Å². The van der Waals surface area contributed by atoms with Gasteiger partial charge in [-0.1, -0.05) is 13.8 Å². The molecule has 5 heteroatoms. The molecule has 17 heavy (non-hydrogen) atoms. The van der Waals surface area contributed by atoms with Crippen molar-refractivity contribution in [3.05, 3.63) is 10.1 Å². The first kappa shape index (κ1) is 11.3. The first-order valence-electron chi connectivity index (χ1n) is 6.28. The van der Waals surface area contributed by atoms with E-state index in [1.807, 2.05) is 0 Å². The summed E-state index contributed by atoms with van der Waals surface area (Å²) in [5.41, 5.74) is 5.82. The van der Waals surface area contributed by atoms with Gasteiger partial charge in [-0.2, -0.15) is 0 Å². The van der Waals surface area contributed by atoms with Crippen LogP contribution < -0.4 is 5.73 Å². The van der Waals surface area contributed by atoms with Crippen molar-refractivity contribution in [3.63, 3.8) is 0 Å². The summed E-state index contributed by atoms with van der Waals surface area (Å²) in [5.74, 6) is 0. The van der Waals surface area contributed by atoms with E-state index in [-0.39, 0.29) is 16.4 Å². The third kappa shape index (κ3) is 1.63. The number of hydrogen-bond acceptors (Lipinski definition) is 4. The van der Waals surface area contributed by atoms with Gasteiger partial charge in [0.05, 0.1) is 0 Å². The highest BCUT2D eigenvalue weighted by molar-refractivity contribution is 5.18. The van der Waals surface area contributed by atoms with E-state index in [9.17, 15) is 10.1 Å². The van der Waals surface area contributed by atoms with Crippen LogP contribution in [0.5, 0.6) is 0 Å². The van der Waals surface area contributed by atoms with E-state index < -0.39 is 10.7 Å². The van der Waals surface area contributed by atoms with Crippen LogP contribution in [-0.4, -0.2) is 16.2 Å². The van der Waals surface area contributed by atoms with Crippen molar-refractivity contribution in [2.45, 2.75) is 63.5 Å². The van der Waals surface area contributed by atoms with Gasteiger partial charge in [0.1, 0.15) is 5.60 Å². The Morgan fingerprint density at radius 2 is 1.59 bits per heavy atom. The molecule has 0 saturated heterocycles. The summed E-state index contributed by atoms with van der Waals surface area (Å²) in [7, 11) is 0. The van der Waals surface area contributed by atoms with Crippen LogP contribution >= 0.6 is 0 Å². The summed E-state index contributed by atoms with van der Waals surface area (Å²) in [4.78, 5) is 15.8. The second-order valence-electron chi connectivity index (χ2n) is 7.54. The molecular weight excluding hydrogens is 220 g/mol. The molecule has 0 aromatic heterocycles. The average Bonchev–Trinajstić information content (AvgIpc) is 1.87. The fourth-order valence-electron chi connectivity index (χ4n) is 5.93. The SMILES string of the molecule is CC12CC3(C)CC(N)(C1)CC(O[N+](=O)[O-])(C2)C3. The van der Waals surface area contributed by atoms with Crippen molar-refractivity contribution in [2.75, 3.05) is 0 Å². The van der Waals surface area contributed by atoms with Crippen molar-refractivity contribution >= 4 is 0 Å². The van der Waals surface area contributed by atoms with Crippen LogP contribution in [0.1, 0.15) is 52.4 Å². The molecule has 0 heterocycles. The summed E-state index contributed by atoms with van der Waals surface area (Å²) >= 11 is 0. The van der Waals surface area contributed by atoms with Gasteiger partial charge in [-0.15, -0.1) is 10.1 Å². The number of nitrogens with two attached hydrogens (primary N) is 1. The van der Waals surface area contributed by atoms with Crippen LogP contribution in [0.3, 0.4) is 0 Å². The Bertz CT molecular complexity index is 342.